The lowest BCUT2D eigenvalue weighted by molar-refractivity contribution is 0.122. The van der Waals surface area contributed by atoms with E-state index in [1.807, 2.05) is 4.90 Å². The Balaban J connectivity index is 1.88. The molecule has 1 aliphatic heterocycles. The number of ether oxygens (including phenoxy) is 1. The van der Waals surface area contributed by atoms with Crippen molar-refractivity contribution in [2.45, 2.75) is 6.43 Å². The molecule has 0 atom stereocenters. The number of nitrogens with zero attached hydrogens (tertiary/aromatic N) is 5. The van der Waals surface area contributed by atoms with Crippen LogP contribution < -0.4 is 10.6 Å². The number of anilines is 2. The molecule has 2 aromatic heterocycles. The Kier molecular flexibility index (Phi) is 3.92. The van der Waals surface area contributed by atoms with E-state index in [2.05, 4.69) is 15.0 Å². The van der Waals surface area contributed by atoms with Crippen LogP contribution in [0.15, 0.2) is 30.3 Å². The number of nitrogen functional groups attached to an aromatic ring is 1. The van der Waals surface area contributed by atoms with Crippen LogP contribution in [-0.2, 0) is 4.74 Å². The molecule has 3 heterocycles. The Morgan fingerprint density at radius 2 is 1.76 bits per heavy atom. The van der Waals surface area contributed by atoms with E-state index in [1.165, 1.54) is 4.57 Å². The van der Waals surface area contributed by atoms with Gasteiger partial charge in [-0.1, -0.05) is 12.1 Å². The van der Waals surface area contributed by atoms with Crippen molar-refractivity contribution in [3.05, 3.63) is 36.2 Å². The average Bonchev–Trinajstić information content (AvgIpc) is 3.02. The number of imidazole rings is 1. The summed E-state index contributed by atoms with van der Waals surface area (Å²) in [5, 5.41) is 0. The molecule has 25 heavy (non-hydrogen) atoms. The van der Waals surface area contributed by atoms with Gasteiger partial charge in [-0.3, -0.25) is 4.57 Å². The second-order valence-electron chi connectivity index (χ2n) is 5.64. The van der Waals surface area contributed by atoms with E-state index in [-0.39, 0.29) is 17.6 Å². The number of halogens is 2. The number of para-hydroxylation sites is 2. The van der Waals surface area contributed by atoms with Crippen LogP contribution in [0.1, 0.15) is 12.2 Å². The van der Waals surface area contributed by atoms with Gasteiger partial charge in [0.15, 0.2) is 5.82 Å². The Labute approximate surface area is 142 Å². The van der Waals surface area contributed by atoms with Crippen LogP contribution in [0.25, 0.3) is 16.9 Å². The van der Waals surface area contributed by atoms with Crippen molar-refractivity contribution < 1.29 is 13.5 Å². The molecule has 0 saturated carbocycles. The second kappa shape index (κ2) is 6.25. The van der Waals surface area contributed by atoms with Crippen molar-refractivity contribution in [2.24, 2.45) is 0 Å². The standard InChI is InChI=1S/C16H16F2N6O/c17-14(18)15-20-10-3-1-2-4-11(10)24(15)13-9-12(21-16(19)22-13)23-5-7-25-8-6-23/h1-4,9,14H,5-8H2,(H2,19,21,22). The van der Waals surface area contributed by atoms with Gasteiger partial charge in [0.1, 0.15) is 11.6 Å². The lowest BCUT2D eigenvalue weighted by Gasteiger charge is -2.28. The lowest BCUT2D eigenvalue weighted by Crippen LogP contribution is -2.37. The van der Waals surface area contributed by atoms with Crippen molar-refractivity contribution >= 4 is 22.8 Å². The number of benzene rings is 1. The normalized spacial score (nSPS) is 15.2. The molecule has 1 aliphatic rings. The van der Waals surface area contributed by atoms with E-state index in [4.69, 9.17) is 10.5 Å². The zero-order chi connectivity index (χ0) is 17.4. The largest absolute Gasteiger partial charge is 0.378 e. The quantitative estimate of drug-likeness (QED) is 0.783. The minimum Gasteiger partial charge on any atom is -0.378 e. The maximum absolute atomic E-state index is 13.5. The fourth-order valence-corrected chi connectivity index (χ4v) is 2.94. The van der Waals surface area contributed by atoms with Crippen molar-refractivity contribution in [1.29, 1.82) is 0 Å². The molecule has 0 bridgehead atoms. The smallest absolute Gasteiger partial charge is 0.296 e. The first kappa shape index (κ1) is 15.7. The number of nitrogens with two attached hydrogens (primary N) is 1. The zero-order valence-corrected chi connectivity index (χ0v) is 13.3. The number of alkyl halides is 2. The van der Waals surface area contributed by atoms with Gasteiger partial charge in [-0.25, -0.2) is 13.8 Å². The summed E-state index contributed by atoms with van der Waals surface area (Å²) in [6.45, 7) is 2.47. The van der Waals surface area contributed by atoms with Gasteiger partial charge in [0.25, 0.3) is 6.43 Å². The summed E-state index contributed by atoms with van der Waals surface area (Å²) >= 11 is 0. The summed E-state index contributed by atoms with van der Waals surface area (Å²) in [5.41, 5.74) is 6.86. The Bertz CT molecular complexity index is 907. The highest BCUT2D eigenvalue weighted by atomic mass is 19.3. The third-order valence-corrected chi connectivity index (χ3v) is 4.06. The minimum absolute atomic E-state index is 0.0250. The van der Waals surface area contributed by atoms with Gasteiger partial charge in [0.05, 0.1) is 24.2 Å². The van der Waals surface area contributed by atoms with E-state index in [1.54, 1.807) is 30.3 Å². The Morgan fingerprint density at radius 3 is 2.52 bits per heavy atom. The molecule has 0 aliphatic carbocycles. The number of rotatable bonds is 3. The fraction of sp³-hybridized carbons (Fsp3) is 0.312. The Hall–Kier alpha value is -2.81. The summed E-state index contributed by atoms with van der Waals surface area (Å²) in [6.07, 6.45) is -2.74. The molecule has 1 fully saturated rings. The van der Waals surface area contributed by atoms with Crippen molar-refractivity contribution in [2.75, 3.05) is 36.9 Å². The number of fused-ring (bicyclic) bond motifs is 1. The molecule has 3 aromatic rings. The third-order valence-electron chi connectivity index (χ3n) is 4.06. The van der Waals surface area contributed by atoms with Gasteiger partial charge < -0.3 is 15.4 Å². The topological polar surface area (TPSA) is 82.1 Å². The molecule has 0 spiro atoms. The van der Waals surface area contributed by atoms with Gasteiger partial charge >= 0.3 is 0 Å². The molecule has 1 aromatic carbocycles. The summed E-state index contributed by atoms with van der Waals surface area (Å²) in [7, 11) is 0. The number of hydrogen-bond acceptors (Lipinski definition) is 6. The number of hydrogen-bond donors (Lipinski definition) is 1. The van der Waals surface area contributed by atoms with Crippen LogP contribution in [-0.4, -0.2) is 45.8 Å². The van der Waals surface area contributed by atoms with Gasteiger partial charge in [-0.05, 0) is 12.1 Å². The molecule has 2 N–H and O–H groups in total. The van der Waals surface area contributed by atoms with Crippen molar-refractivity contribution in [3.8, 4) is 5.82 Å². The number of morpholine rings is 1. The molecule has 0 radical (unpaired) electrons. The summed E-state index contributed by atoms with van der Waals surface area (Å²) in [5.74, 6) is 0.519. The van der Waals surface area contributed by atoms with Gasteiger partial charge in [0.2, 0.25) is 5.95 Å². The fourth-order valence-electron chi connectivity index (χ4n) is 2.94. The Morgan fingerprint density at radius 1 is 1.04 bits per heavy atom. The third kappa shape index (κ3) is 2.86. The first-order chi connectivity index (χ1) is 12.1. The maximum Gasteiger partial charge on any atom is 0.296 e. The van der Waals surface area contributed by atoms with Crippen LogP contribution in [0.3, 0.4) is 0 Å². The molecule has 0 unspecified atom stereocenters. The van der Waals surface area contributed by atoms with Crippen LogP contribution in [0.4, 0.5) is 20.5 Å². The monoisotopic (exact) mass is 346 g/mol. The van der Waals surface area contributed by atoms with Crippen LogP contribution in [0.5, 0.6) is 0 Å². The van der Waals surface area contributed by atoms with Gasteiger partial charge in [-0.2, -0.15) is 9.97 Å². The summed E-state index contributed by atoms with van der Waals surface area (Å²) in [6, 6.07) is 8.58. The molecule has 0 amide bonds. The zero-order valence-electron chi connectivity index (χ0n) is 13.3. The van der Waals surface area contributed by atoms with Crippen LogP contribution in [0, 0.1) is 0 Å². The van der Waals surface area contributed by atoms with E-state index >= 15 is 0 Å². The van der Waals surface area contributed by atoms with E-state index in [9.17, 15) is 8.78 Å². The van der Waals surface area contributed by atoms with E-state index < -0.39 is 6.43 Å². The predicted molar refractivity (Wildman–Crippen MR) is 89.1 cm³/mol. The maximum atomic E-state index is 13.5. The van der Waals surface area contributed by atoms with Crippen LogP contribution in [0.2, 0.25) is 0 Å². The van der Waals surface area contributed by atoms with Gasteiger partial charge in [0, 0.05) is 19.2 Å². The highest BCUT2D eigenvalue weighted by Crippen LogP contribution is 2.28. The number of aromatic nitrogens is 4. The molecule has 7 nitrogen and oxygen atoms in total. The summed E-state index contributed by atoms with van der Waals surface area (Å²) < 4.78 is 33.7. The average molecular weight is 346 g/mol. The van der Waals surface area contributed by atoms with E-state index in [0.29, 0.717) is 43.2 Å². The molecule has 9 heteroatoms. The first-order valence-corrected chi connectivity index (χ1v) is 7.86. The predicted octanol–water partition coefficient (Wildman–Crippen LogP) is 2.17. The SMILES string of the molecule is Nc1nc(N2CCOCC2)cc(-n2c(C(F)F)nc3ccccc32)n1. The summed E-state index contributed by atoms with van der Waals surface area (Å²) in [4.78, 5) is 14.4. The minimum atomic E-state index is -2.74. The van der Waals surface area contributed by atoms with Crippen LogP contribution >= 0.6 is 0 Å². The highest BCUT2D eigenvalue weighted by Gasteiger charge is 2.22. The highest BCUT2D eigenvalue weighted by molar-refractivity contribution is 5.78. The molecular weight excluding hydrogens is 330 g/mol. The molecular formula is C16H16F2N6O. The molecule has 1 saturated heterocycles. The first-order valence-electron chi connectivity index (χ1n) is 7.86. The van der Waals surface area contributed by atoms with Crippen molar-refractivity contribution in [3.63, 3.8) is 0 Å². The van der Waals surface area contributed by atoms with Crippen molar-refractivity contribution in [1.82, 2.24) is 19.5 Å². The molecule has 130 valence electrons. The van der Waals surface area contributed by atoms with E-state index in [0.717, 1.165) is 0 Å². The molecule has 4 rings (SSSR count). The second-order valence-corrected chi connectivity index (χ2v) is 5.64. The lowest BCUT2D eigenvalue weighted by atomic mass is 10.3. The van der Waals surface area contributed by atoms with Gasteiger partial charge in [-0.15, -0.1) is 0 Å².